The predicted octanol–water partition coefficient (Wildman–Crippen LogP) is 1.25. The molecule has 0 unspecified atom stereocenters. The minimum Gasteiger partial charge on any atom is -0.450 e. The highest BCUT2D eigenvalue weighted by Crippen LogP contribution is 2.29. The quantitative estimate of drug-likeness (QED) is 0.629. The molecule has 0 bridgehead atoms. The van der Waals surface area contributed by atoms with Crippen LogP contribution in [0, 0.1) is 5.92 Å². The van der Waals surface area contributed by atoms with Gasteiger partial charge in [0.15, 0.2) is 0 Å². The van der Waals surface area contributed by atoms with Gasteiger partial charge in [0, 0.05) is 13.1 Å². The second-order valence-electron chi connectivity index (χ2n) is 3.90. The van der Waals surface area contributed by atoms with Crippen LogP contribution in [0.1, 0.15) is 19.8 Å². The highest BCUT2D eigenvalue weighted by atomic mass is 16.6. The normalized spacial score (nSPS) is 27.5. The first kappa shape index (κ1) is 9.77. The molecule has 2 rings (SSSR count). The molecule has 0 aromatic heterocycles. The lowest BCUT2D eigenvalue weighted by Crippen LogP contribution is -2.39. The molecule has 0 aromatic carbocycles. The van der Waals surface area contributed by atoms with Crippen molar-refractivity contribution >= 4 is 6.09 Å². The van der Waals surface area contributed by atoms with E-state index in [4.69, 9.17) is 9.47 Å². The number of hydrogen-bond donors (Lipinski definition) is 0. The number of piperidine rings is 1. The summed E-state index contributed by atoms with van der Waals surface area (Å²) in [6.45, 7) is 4.87. The van der Waals surface area contributed by atoms with Crippen molar-refractivity contribution in [3.63, 3.8) is 0 Å². The minimum absolute atomic E-state index is 0.164. The Hall–Kier alpha value is -0.770. The molecule has 2 heterocycles. The topological polar surface area (TPSA) is 42.1 Å². The second kappa shape index (κ2) is 4.17. The standard InChI is InChI=1S/C10H17NO3/c1-2-13-10(12)11-5-3-8(4-6-11)9-7-14-9/h8-9H,2-7H2,1H3/t9-/m0/s1. The summed E-state index contributed by atoms with van der Waals surface area (Å²) in [6, 6.07) is 0. The zero-order chi connectivity index (χ0) is 9.97. The maximum absolute atomic E-state index is 11.4. The number of ether oxygens (including phenoxy) is 2. The molecule has 80 valence electrons. The van der Waals surface area contributed by atoms with Gasteiger partial charge in [-0.1, -0.05) is 0 Å². The van der Waals surface area contributed by atoms with E-state index in [0.29, 0.717) is 18.6 Å². The van der Waals surface area contributed by atoms with Gasteiger partial charge in [-0.3, -0.25) is 0 Å². The van der Waals surface area contributed by atoms with Crippen molar-refractivity contribution in [2.24, 2.45) is 5.92 Å². The van der Waals surface area contributed by atoms with Crippen molar-refractivity contribution in [2.75, 3.05) is 26.3 Å². The molecule has 1 atom stereocenters. The first-order valence-electron chi connectivity index (χ1n) is 5.34. The van der Waals surface area contributed by atoms with E-state index in [-0.39, 0.29) is 6.09 Å². The summed E-state index contributed by atoms with van der Waals surface area (Å²) in [5.41, 5.74) is 0. The van der Waals surface area contributed by atoms with E-state index in [1.165, 1.54) is 0 Å². The molecule has 0 aromatic rings. The number of hydrogen-bond acceptors (Lipinski definition) is 3. The highest BCUT2D eigenvalue weighted by Gasteiger charge is 2.35. The summed E-state index contributed by atoms with van der Waals surface area (Å²) in [7, 11) is 0. The molecule has 0 spiro atoms. The van der Waals surface area contributed by atoms with Crippen LogP contribution in [0.4, 0.5) is 4.79 Å². The van der Waals surface area contributed by atoms with E-state index in [2.05, 4.69) is 0 Å². The SMILES string of the molecule is CCOC(=O)N1CCC([C@@H]2CO2)CC1. The van der Waals surface area contributed by atoms with E-state index in [0.717, 1.165) is 32.5 Å². The van der Waals surface area contributed by atoms with Crippen LogP contribution in [0.25, 0.3) is 0 Å². The zero-order valence-corrected chi connectivity index (χ0v) is 8.57. The van der Waals surface area contributed by atoms with Gasteiger partial charge in [0.25, 0.3) is 0 Å². The summed E-state index contributed by atoms with van der Waals surface area (Å²) < 4.78 is 10.2. The van der Waals surface area contributed by atoms with E-state index < -0.39 is 0 Å². The maximum Gasteiger partial charge on any atom is 0.409 e. The summed E-state index contributed by atoms with van der Waals surface area (Å²) in [4.78, 5) is 13.2. The number of nitrogens with zero attached hydrogens (tertiary/aromatic N) is 1. The fourth-order valence-corrected chi connectivity index (χ4v) is 2.00. The lowest BCUT2D eigenvalue weighted by molar-refractivity contribution is 0.0882. The monoisotopic (exact) mass is 199 g/mol. The lowest BCUT2D eigenvalue weighted by atomic mass is 9.94. The molecule has 1 amide bonds. The van der Waals surface area contributed by atoms with Crippen LogP contribution >= 0.6 is 0 Å². The van der Waals surface area contributed by atoms with Crippen LogP contribution in [0.3, 0.4) is 0 Å². The van der Waals surface area contributed by atoms with Crippen molar-refractivity contribution < 1.29 is 14.3 Å². The van der Waals surface area contributed by atoms with Crippen LogP contribution in [-0.4, -0.2) is 43.4 Å². The Morgan fingerprint density at radius 2 is 2.14 bits per heavy atom. The molecule has 0 saturated carbocycles. The Bertz CT molecular complexity index is 207. The largest absolute Gasteiger partial charge is 0.450 e. The van der Waals surface area contributed by atoms with E-state index in [1.54, 1.807) is 4.90 Å². The van der Waals surface area contributed by atoms with Crippen molar-refractivity contribution in [3.05, 3.63) is 0 Å². The van der Waals surface area contributed by atoms with Gasteiger partial charge in [-0.2, -0.15) is 0 Å². The summed E-state index contributed by atoms with van der Waals surface area (Å²) in [5, 5.41) is 0. The number of epoxide rings is 1. The van der Waals surface area contributed by atoms with Gasteiger partial charge < -0.3 is 14.4 Å². The molecule has 0 aliphatic carbocycles. The molecular weight excluding hydrogens is 182 g/mol. The number of amides is 1. The molecule has 14 heavy (non-hydrogen) atoms. The van der Waals surface area contributed by atoms with E-state index >= 15 is 0 Å². The van der Waals surface area contributed by atoms with Gasteiger partial charge >= 0.3 is 6.09 Å². The third kappa shape index (κ3) is 2.18. The van der Waals surface area contributed by atoms with Crippen molar-refractivity contribution in [1.82, 2.24) is 4.90 Å². The van der Waals surface area contributed by atoms with Crippen LogP contribution in [-0.2, 0) is 9.47 Å². The molecule has 0 N–H and O–H groups in total. The van der Waals surface area contributed by atoms with Crippen LogP contribution in [0.15, 0.2) is 0 Å². The van der Waals surface area contributed by atoms with E-state index in [9.17, 15) is 4.79 Å². The van der Waals surface area contributed by atoms with E-state index in [1.807, 2.05) is 6.92 Å². The molecule has 4 heteroatoms. The number of rotatable bonds is 2. The predicted molar refractivity (Wildman–Crippen MR) is 51.1 cm³/mol. The summed E-state index contributed by atoms with van der Waals surface area (Å²) in [6.07, 6.45) is 2.44. The smallest absolute Gasteiger partial charge is 0.409 e. The third-order valence-electron chi connectivity index (χ3n) is 2.95. The Kier molecular flexibility index (Phi) is 2.91. The fraction of sp³-hybridized carbons (Fsp3) is 0.900. The van der Waals surface area contributed by atoms with Crippen molar-refractivity contribution in [2.45, 2.75) is 25.9 Å². The van der Waals surface area contributed by atoms with Crippen LogP contribution in [0.5, 0.6) is 0 Å². The average Bonchev–Trinajstić information content (AvgIpc) is 3.02. The number of carbonyl (C=O) groups excluding carboxylic acids is 1. The summed E-state index contributed by atoms with van der Waals surface area (Å²) in [5.74, 6) is 0.667. The molecular formula is C10H17NO3. The zero-order valence-electron chi connectivity index (χ0n) is 8.57. The molecule has 2 aliphatic rings. The average molecular weight is 199 g/mol. The third-order valence-corrected chi connectivity index (χ3v) is 2.95. The highest BCUT2D eigenvalue weighted by molar-refractivity contribution is 5.67. The van der Waals surface area contributed by atoms with Gasteiger partial charge in [-0.05, 0) is 25.7 Å². The number of likely N-dealkylation sites (tertiary alicyclic amines) is 1. The molecule has 2 fully saturated rings. The van der Waals surface area contributed by atoms with Gasteiger partial charge in [-0.15, -0.1) is 0 Å². The van der Waals surface area contributed by atoms with Crippen LogP contribution in [0.2, 0.25) is 0 Å². The van der Waals surface area contributed by atoms with Crippen molar-refractivity contribution in [1.29, 1.82) is 0 Å². The first-order valence-corrected chi connectivity index (χ1v) is 5.34. The molecule has 2 saturated heterocycles. The van der Waals surface area contributed by atoms with Gasteiger partial charge in [0.2, 0.25) is 0 Å². The molecule has 4 nitrogen and oxygen atoms in total. The second-order valence-corrected chi connectivity index (χ2v) is 3.90. The van der Waals surface area contributed by atoms with Gasteiger partial charge in [-0.25, -0.2) is 4.79 Å². The van der Waals surface area contributed by atoms with Gasteiger partial charge in [0.05, 0.1) is 19.3 Å². The van der Waals surface area contributed by atoms with Gasteiger partial charge in [0.1, 0.15) is 0 Å². The Labute approximate surface area is 84.2 Å². The number of carbonyl (C=O) groups is 1. The summed E-state index contributed by atoms with van der Waals surface area (Å²) >= 11 is 0. The Morgan fingerprint density at radius 1 is 1.50 bits per heavy atom. The minimum atomic E-state index is -0.164. The molecule has 0 radical (unpaired) electrons. The van der Waals surface area contributed by atoms with Crippen molar-refractivity contribution in [3.8, 4) is 0 Å². The first-order chi connectivity index (χ1) is 6.81. The van der Waals surface area contributed by atoms with Crippen LogP contribution < -0.4 is 0 Å². The Morgan fingerprint density at radius 3 is 2.64 bits per heavy atom. The fourth-order valence-electron chi connectivity index (χ4n) is 2.00. The molecule has 2 aliphatic heterocycles. The maximum atomic E-state index is 11.4. The Balaban J connectivity index is 1.74. The lowest BCUT2D eigenvalue weighted by Gasteiger charge is -2.30.